The number of nitrogens with zero attached hydrogens (tertiary/aromatic N) is 4. The van der Waals surface area contributed by atoms with Crippen LogP contribution in [-0.2, 0) is 0 Å². The lowest BCUT2D eigenvalue weighted by atomic mass is 10.2. The molecule has 3 heterocycles. The molecule has 4 aromatic rings. The van der Waals surface area contributed by atoms with Crippen molar-refractivity contribution in [1.29, 1.82) is 0 Å². The molecule has 1 aromatic carbocycles. The summed E-state index contributed by atoms with van der Waals surface area (Å²) in [7, 11) is 3.87. The molecular formula is C18H18N6. The Labute approximate surface area is 139 Å². The molecule has 0 spiro atoms. The summed E-state index contributed by atoms with van der Waals surface area (Å²) in [6, 6.07) is 12.1. The molecule has 0 bridgehead atoms. The van der Waals surface area contributed by atoms with Gasteiger partial charge in [-0.2, -0.15) is 9.97 Å². The number of rotatable bonds is 3. The van der Waals surface area contributed by atoms with E-state index in [0.717, 1.165) is 39.1 Å². The summed E-state index contributed by atoms with van der Waals surface area (Å²) < 4.78 is 0. The molecule has 0 aliphatic rings. The highest BCUT2D eigenvalue weighted by molar-refractivity contribution is 5.97. The predicted molar refractivity (Wildman–Crippen MR) is 98.0 cm³/mol. The Kier molecular flexibility index (Phi) is 3.30. The summed E-state index contributed by atoms with van der Waals surface area (Å²) in [6.07, 6.45) is 1.80. The fraction of sp³-hybridized carbons (Fsp3) is 0.167. The van der Waals surface area contributed by atoms with Crippen molar-refractivity contribution in [3.63, 3.8) is 0 Å². The van der Waals surface area contributed by atoms with Crippen LogP contribution in [0.3, 0.4) is 0 Å². The van der Waals surface area contributed by atoms with Crippen molar-refractivity contribution >= 4 is 39.4 Å². The normalized spacial score (nSPS) is 11.1. The Bertz CT molecular complexity index is 1030. The van der Waals surface area contributed by atoms with Gasteiger partial charge < -0.3 is 15.2 Å². The maximum Gasteiger partial charge on any atom is 0.228 e. The fourth-order valence-corrected chi connectivity index (χ4v) is 2.76. The van der Waals surface area contributed by atoms with Crippen LogP contribution in [0.1, 0.15) is 5.69 Å². The van der Waals surface area contributed by atoms with Crippen molar-refractivity contribution < 1.29 is 0 Å². The van der Waals surface area contributed by atoms with Crippen molar-refractivity contribution in [3.8, 4) is 0 Å². The summed E-state index contributed by atoms with van der Waals surface area (Å²) in [5.41, 5.74) is 3.81. The molecule has 0 saturated carbocycles. The van der Waals surface area contributed by atoms with Gasteiger partial charge in [0.1, 0.15) is 11.5 Å². The molecule has 24 heavy (non-hydrogen) atoms. The van der Waals surface area contributed by atoms with Crippen LogP contribution in [0.2, 0.25) is 0 Å². The molecule has 0 atom stereocenters. The summed E-state index contributed by atoms with van der Waals surface area (Å²) in [5.74, 6) is 1.44. The first-order chi connectivity index (χ1) is 11.6. The van der Waals surface area contributed by atoms with Crippen LogP contribution in [-0.4, -0.2) is 34.0 Å². The number of hydrogen-bond acceptors (Lipinski definition) is 5. The maximum atomic E-state index is 4.68. The van der Waals surface area contributed by atoms with E-state index in [2.05, 4.69) is 37.4 Å². The van der Waals surface area contributed by atoms with Crippen LogP contribution in [0.15, 0.2) is 42.6 Å². The Balaban J connectivity index is 1.89. The number of aromatic nitrogens is 4. The molecule has 4 rings (SSSR count). The molecule has 0 amide bonds. The lowest BCUT2D eigenvalue weighted by molar-refractivity contribution is 1.01. The molecule has 0 saturated heterocycles. The lowest BCUT2D eigenvalue weighted by Crippen LogP contribution is -2.13. The zero-order valence-corrected chi connectivity index (χ0v) is 13.8. The average Bonchev–Trinajstić information content (AvgIpc) is 2.95. The van der Waals surface area contributed by atoms with E-state index in [1.807, 2.05) is 50.2 Å². The van der Waals surface area contributed by atoms with E-state index in [1.54, 1.807) is 6.20 Å². The average molecular weight is 318 g/mol. The number of nitrogens with one attached hydrogen (secondary N) is 2. The number of aromatic amines is 1. The fourth-order valence-electron chi connectivity index (χ4n) is 2.76. The number of H-pyrrole nitrogens is 1. The number of benzene rings is 1. The minimum absolute atomic E-state index is 0.658. The molecule has 0 fully saturated rings. The first-order valence-electron chi connectivity index (χ1n) is 7.77. The third kappa shape index (κ3) is 2.42. The summed E-state index contributed by atoms with van der Waals surface area (Å²) >= 11 is 0. The van der Waals surface area contributed by atoms with Crippen LogP contribution in [0.4, 0.5) is 17.5 Å². The standard InChI is InChI=1S/C18H18N6/c1-11-10-13-16(20-11)22-18(24(2)3)23-17(13)21-15-8-4-7-14-12(15)6-5-9-19-14/h4-10H,1-3H3,(H2,20,21,22,23). The predicted octanol–water partition coefficient (Wildman–Crippen LogP) is 3.62. The molecular weight excluding hydrogens is 300 g/mol. The van der Waals surface area contributed by atoms with Crippen molar-refractivity contribution in [2.75, 3.05) is 24.3 Å². The van der Waals surface area contributed by atoms with Crippen molar-refractivity contribution in [3.05, 3.63) is 48.3 Å². The van der Waals surface area contributed by atoms with Crippen molar-refractivity contribution in [2.45, 2.75) is 6.92 Å². The molecule has 0 unspecified atom stereocenters. The second-order valence-electron chi connectivity index (χ2n) is 5.98. The SMILES string of the molecule is Cc1cc2c(Nc3cccc4ncccc34)nc(N(C)C)nc2[nH]1. The van der Waals surface area contributed by atoms with E-state index >= 15 is 0 Å². The smallest absolute Gasteiger partial charge is 0.228 e. The third-order valence-corrected chi connectivity index (χ3v) is 3.91. The van der Waals surface area contributed by atoms with E-state index < -0.39 is 0 Å². The van der Waals surface area contributed by atoms with Gasteiger partial charge >= 0.3 is 0 Å². The molecule has 0 aliphatic heterocycles. The summed E-state index contributed by atoms with van der Waals surface area (Å²) in [5, 5.41) is 5.49. The Morgan fingerprint density at radius 2 is 1.92 bits per heavy atom. The van der Waals surface area contributed by atoms with E-state index in [9.17, 15) is 0 Å². The van der Waals surface area contributed by atoms with E-state index in [-0.39, 0.29) is 0 Å². The van der Waals surface area contributed by atoms with Gasteiger partial charge in [0.25, 0.3) is 0 Å². The second kappa shape index (κ2) is 5.49. The van der Waals surface area contributed by atoms with Gasteiger partial charge in [0, 0.05) is 37.1 Å². The Morgan fingerprint density at radius 3 is 2.75 bits per heavy atom. The van der Waals surface area contributed by atoms with Gasteiger partial charge in [-0.1, -0.05) is 6.07 Å². The third-order valence-electron chi connectivity index (χ3n) is 3.91. The summed E-state index contributed by atoms with van der Waals surface area (Å²) in [6.45, 7) is 2.02. The molecule has 0 radical (unpaired) electrons. The van der Waals surface area contributed by atoms with Crippen LogP contribution in [0.25, 0.3) is 21.9 Å². The summed E-state index contributed by atoms with van der Waals surface area (Å²) in [4.78, 5) is 18.8. The zero-order chi connectivity index (χ0) is 16.7. The minimum Gasteiger partial charge on any atom is -0.347 e. The van der Waals surface area contributed by atoms with E-state index in [0.29, 0.717) is 5.95 Å². The number of hydrogen-bond donors (Lipinski definition) is 2. The molecule has 0 aliphatic carbocycles. The molecule has 6 heteroatoms. The monoisotopic (exact) mass is 318 g/mol. The van der Waals surface area contributed by atoms with Gasteiger partial charge in [-0.05, 0) is 37.3 Å². The highest BCUT2D eigenvalue weighted by Crippen LogP contribution is 2.29. The van der Waals surface area contributed by atoms with Crippen molar-refractivity contribution in [2.24, 2.45) is 0 Å². The minimum atomic E-state index is 0.658. The van der Waals surface area contributed by atoms with Crippen LogP contribution >= 0.6 is 0 Å². The topological polar surface area (TPSA) is 69.7 Å². The molecule has 6 nitrogen and oxygen atoms in total. The van der Waals surface area contributed by atoms with Gasteiger partial charge in [0.2, 0.25) is 5.95 Å². The lowest BCUT2D eigenvalue weighted by Gasteiger charge is -2.14. The first-order valence-corrected chi connectivity index (χ1v) is 7.77. The Morgan fingerprint density at radius 1 is 1.04 bits per heavy atom. The molecule has 120 valence electrons. The Hall–Kier alpha value is -3.15. The maximum absolute atomic E-state index is 4.68. The first kappa shape index (κ1) is 14.4. The number of anilines is 3. The van der Waals surface area contributed by atoms with Gasteiger partial charge in [-0.25, -0.2) is 0 Å². The molecule has 2 N–H and O–H groups in total. The van der Waals surface area contributed by atoms with Gasteiger partial charge in [-0.15, -0.1) is 0 Å². The van der Waals surface area contributed by atoms with Crippen molar-refractivity contribution in [1.82, 2.24) is 19.9 Å². The van der Waals surface area contributed by atoms with Gasteiger partial charge in [0.05, 0.1) is 10.9 Å². The van der Waals surface area contributed by atoms with E-state index in [4.69, 9.17) is 0 Å². The van der Waals surface area contributed by atoms with Gasteiger partial charge in [0.15, 0.2) is 0 Å². The second-order valence-corrected chi connectivity index (χ2v) is 5.98. The number of fused-ring (bicyclic) bond motifs is 2. The highest BCUT2D eigenvalue weighted by Gasteiger charge is 2.12. The largest absolute Gasteiger partial charge is 0.347 e. The highest BCUT2D eigenvalue weighted by atomic mass is 15.2. The van der Waals surface area contributed by atoms with Gasteiger partial charge in [-0.3, -0.25) is 4.98 Å². The zero-order valence-electron chi connectivity index (χ0n) is 13.8. The molecule has 3 aromatic heterocycles. The number of aryl methyl sites for hydroxylation is 1. The van der Waals surface area contributed by atoms with Crippen LogP contribution < -0.4 is 10.2 Å². The quantitative estimate of drug-likeness (QED) is 0.604. The van der Waals surface area contributed by atoms with Crippen LogP contribution in [0.5, 0.6) is 0 Å². The van der Waals surface area contributed by atoms with E-state index in [1.165, 1.54) is 0 Å². The van der Waals surface area contributed by atoms with Crippen LogP contribution in [0, 0.1) is 6.92 Å². The number of pyridine rings is 1.